The van der Waals surface area contributed by atoms with Crippen molar-refractivity contribution in [1.82, 2.24) is 0 Å². The predicted molar refractivity (Wildman–Crippen MR) is 124 cm³/mol. The number of ether oxygens (including phenoxy) is 5. The smallest absolute Gasteiger partial charge is 0.353 e. The molecule has 0 unspecified atom stereocenters. The molecule has 0 aliphatic heterocycles. The standard InChI is InChI=1S/C24H24N2O8/c1-30-18-11-10-17(22(21(18)26(28)29)34-14-15-8-6-5-7-9-15)24(27)25-16-12-19(31-2)23(33-4)20(13-16)32-3/h5-13H,14H2,1-4H3,(H,25,27). The van der Waals surface area contributed by atoms with Gasteiger partial charge < -0.3 is 29.0 Å². The molecule has 0 saturated carbocycles. The van der Waals surface area contributed by atoms with Crippen LogP contribution >= 0.6 is 0 Å². The highest BCUT2D eigenvalue weighted by atomic mass is 16.6. The van der Waals surface area contributed by atoms with Crippen LogP contribution in [0, 0.1) is 10.1 Å². The Morgan fingerprint density at radius 1 is 0.853 bits per heavy atom. The molecule has 0 atom stereocenters. The second-order valence-corrected chi connectivity index (χ2v) is 6.89. The van der Waals surface area contributed by atoms with Gasteiger partial charge in [-0.25, -0.2) is 0 Å². The number of nitro benzene ring substituents is 1. The van der Waals surface area contributed by atoms with Crippen molar-refractivity contribution < 1.29 is 33.4 Å². The number of hydrogen-bond acceptors (Lipinski definition) is 8. The van der Waals surface area contributed by atoms with Crippen molar-refractivity contribution in [2.45, 2.75) is 6.61 Å². The summed E-state index contributed by atoms with van der Waals surface area (Å²) in [5, 5.41) is 14.6. The van der Waals surface area contributed by atoms with E-state index in [4.69, 9.17) is 23.7 Å². The molecule has 178 valence electrons. The number of carbonyl (C=O) groups excluding carboxylic acids is 1. The van der Waals surface area contributed by atoms with E-state index in [2.05, 4.69) is 5.32 Å². The molecule has 3 rings (SSSR count). The SMILES string of the molecule is COc1cc(NC(=O)c2ccc(OC)c([N+](=O)[O-])c2OCc2ccccc2)cc(OC)c1OC. The molecule has 10 heteroatoms. The zero-order chi connectivity index (χ0) is 24.7. The van der Waals surface area contributed by atoms with Crippen LogP contribution in [0.15, 0.2) is 54.6 Å². The van der Waals surface area contributed by atoms with E-state index in [1.54, 1.807) is 12.1 Å². The Balaban J connectivity index is 2.02. The van der Waals surface area contributed by atoms with Gasteiger partial charge >= 0.3 is 5.69 Å². The average Bonchev–Trinajstić information content (AvgIpc) is 2.86. The van der Waals surface area contributed by atoms with Crippen LogP contribution in [0.2, 0.25) is 0 Å². The maximum atomic E-state index is 13.2. The normalized spacial score (nSPS) is 10.2. The van der Waals surface area contributed by atoms with Gasteiger partial charge in [-0.1, -0.05) is 30.3 Å². The van der Waals surface area contributed by atoms with Gasteiger partial charge in [0.25, 0.3) is 5.91 Å². The highest BCUT2D eigenvalue weighted by Gasteiger charge is 2.29. The van der Waals surface area contributed by atoms with E-state index in [9.17, 15) is 14.9 Å². The van der Waals surface area contributed by atoms with Crippen molar-refractivity contribution in [3.05, 3.63) is 75.8 Å². The Morgan fingerprint density at radius 2 is 1.47 bits per heavy atom. The number of benzene rings is 3. The van der Waals surface area contributed by atoms with Crippen LogP contribution in [-0.4, -0.2) is 39.3 Å². The Morgan fingerprint density at radius 3 is 2.00 bits per heavy atom. The number of nitro groups is 1. The maximum absolute atomic E-state index is 13.2. The van der Waals surface area contributed by atoms with Gasteiger partial charge in [0.05, 0.1) is 38.9 Å². The Hall–Kier alpha value is -4.47. The van der Waals surface area contributed by atoms with Crippen molar-refractivity contribution in [2.75, 3.05) is 33.8 Å². The van der Waals surface area contributed by atoms with Crippen LogP contribution < -0.4 is 29.0 Å². The molecule has 10 nitrogen and oxygen atoms in total. The molecule has 0 heterocycles. The van der Waals surface area contributed by atoms with Crippen molar-refractivity contribution >= 4 is 17.3 Å². The van der Waals surface area contributed by atoms with Crippen molar-refractivity contribution in [2.24, 2.45) is 0 Å². The first-order chi connectivity index (χ1) is 16.4. The monoisotopic (exact) mass is 468 g/mol. The van der Waals surface area contributed by atoms with Crippen molar-refractivity contribution in [1.29, 1.82) is 0 Å². The third kappa shape index (κ3) is 5.12. The number of methoxy groups -OCH3 is 4. The van der Waals surface area contributed by atoms with Gasteiger partial charge in [0.1, 0.15) is 6.61 Å². The minimum absolute atomic E-state index is 0.0132. The Kier molecular flexibility index (Phi) is 7.75. The summed E-state index contributed by atoms with van der Waals surface area (Å²) < 4.78 is 26.8. The van der Waals surface area contributed by atoms with Gasteiger partial charge in [-0.05, 0) is 17.7 Å². The summed E-state index contributed by atoms with van der Waals surface area (Å²) in [6.07, 6.45) is 0. The van der Waals surface area contributed by atoms with E-state index < -0.39 is 16.5 Å². The molecule has 1 N–H and O–H groups in total. The minimum atomic E-state index is -0.643. The van der Waals surface area contributed by atoms with Crippen LogP contribution in [0.4, 0.5) is 11.4 Å². The number of amides is 1. The molecule has 0 radical (unpaired) electrons. The van der Waals surface area contributed by atoms with Gasteiger partial charge in [0, 0.05) is 17.8 Å². The molecule has 0 fully saturated rings. The number of anilines is 1. The summed E-state index contributed by atoms with van der Waals surface area (Å²) in [5.41, 5.74) is 0.607. The van der Waals surface area contributed by atoms with Gasteiger partial charge in [0.2, 0.25) is 17.2 Å². The molecule has 34 heavy (non-hydrogen) atoms. The first-order valence-electron chi connectivity index (χ1n) is 10.1. The zero-order valence-corrected chi connectivity index (χ0v) is 19.1. The first-order valence-corrected chi connectivity index (χ1v) is 10.1. The lowest BCUT2D eigenvalue weighted by atomic mass is 10.1. The fourth-order valence-corrected chi connectivity index (χ4v) is 3.30. The van der Waals surface area contributed by atoms with E-state index in [0.717, 1.165) is 5.56 Å². The lowest BCUT2D eigenvalue weighted by molar-refractivity contribution is -0.386. The fraction of sp³-hybridized carbons (Fsp3) is 0.208. The van der Waals surface area contributed by atoms with Crippen LogP contribution in [0.3, 0.4) is 0 Å². The van der Waals surface area contributed by atoms with E-state index >= 15 is 0 Å². The number of nitrogens with zero attached hydrogens (tertiary/aromatic N) is 1. The summed E-state index contributed by atoms with van der Waals surface area (Å²) >= 11 is 0. The van der Waals surface area contributed by atoms with Crippen molar-refractivity contribution in [3.8, 4) is 28.7 Å². The highest BCUT2D eigenvalue weighted by Crippen LogP contribution is 2.42. The quantitative estimate of drug-likeness (QED) is 0.342. The van der Waals surface area contributed by atoms with E-state index in [-0.39, 0.29) is 23.7 Å². The molecule has 0 aliphatic rings. The van der Waals surface area contributed by atoms with Crippen LogP contribution in [0.25, 0.3) is 0 Å². The molecule has 0 aliphatic carbocycles. The molecular weight excluding hydrogens is 444 g/mol. The zero-order valence-electron chi connectivity index (χ0n) is 19.1. The minimum Gasteiger partial charge on any atom is -0.493 e. The van der Waals surface area contributed by atoms with Gasteiger partial charge in [0.15, 0.2) is 11.5 Å². The van der Waals surface area contributed by atoms with Gasteiger partial charge in [-0.15, -0.1) is 0 Å². The summed E-state index contributed by atoms with van der Waals surface area (Å²) in [5.74, 6) is 0.144. The summed E-state index contributed by atoms with van der Waals surface area (Å²) in [4.78, 5) is 24.4. The molecule has 0 bridgehead atoms. The first kappa shape index (κ1) is 24.2. The van der Waals surface area contributed by atoms with E-state index in [1.807, 2.05) is 30.3 Å². The average molecular weight is 468 g/mol. The molecule has 0 aromatic heterocycles. The number of carbonyl (C=O) groups is 1. The van der Waals surface area contributed by atoms with Crippen LogP contribution in [0.5, 0.6) is 28.7 Å². The highest BCUT2D eigenvalue weighted by molar-refractivity contribution is 6.07. The van der Waals surface area contributed by atoms with E-state index in [1.165, 1.54) is 40.6 Å². The fourth-order valence-electron chi connectivity index (χ4n) is 3.30. The van der Waals surface area contributed by atoms with Gasteiger partial charge in [-0.3, -0.25) is 14.9 Å². The molecule has 1 amide bonds. The largest absolute Gasteiger partial charge is 0.493 e. The molecule has 0 spiro atoms. The number of nitrogens with one attached hydrogen (secondary N) is 1. The lowest BCUT2D eigenvalue weighted by Crippen LogP contribution is -2.15. The topological polar surface area (TPSA) is 118 Å². The molecule has 0 saturated heterocycles. The molecular formula is C24H24N2O8. The van der Waals surface area contributed by atoms with Crippen molar-refractivity contribution in [3.63, 3.8) is 0 Å². The summed E-state index contributed by atoms with van der Waals surface area (Å²) in [7, 11) is 5.67. The summed E-state index contributed by atoms with van der Waals surface area (Å²) in [6, 6.07) is 14.9. The van der Waals surface area contributed by atoms with E-state index in [0.29, 0.717) is 22.9 Å². The summed E-state index contributed by atoms with van der Waals surface area (Å²) in [6.45, 7) is 0.0132. The lowest BCUT2D eigenvalue weighted by Gasteiger charge is -2.16. The molecule has 3 aromatic carbocycles. The molecule has 3 aromatic rings. The van der Waals surface area contributed by atoms with Crippen LogP contribution in [0.1, 0.15) is 15.9 Å². The third-order valence-electron chi connectivity index (χ3n) is 4.89. The third-order valence-corrected chi connectivity index (χ3v) is 4.89. The maximum Gasteiger partial charge on any atom is 0.353 e. The Labute approximate surface area is 196 Å². The number of rotatable bonds is 10. The second-order valence-electron chi connectivity index (χ2n) is 6.89. The second kappa shape index (κ2) is 10.9. The van der Waals surface area contributed by atoms with Gasteiger partial charge in [-0.2, -0.15) is 0 Å². The Bertz CT molecular complexity index is 1160. The van der Waals surface area contributed by atoms with Crippen LogP contribution in [-0.2, 0) is 6.61 Å². The predicted octanol–water partition coefficient (Wildman–Crippen LogP) is 4.46. The number of hydrogen-bond donors (Lipinski definition) is 1.